The summed E-state index contributed by atoms with van der Waals surface area (Å²) >= 11 is 0. The topological polar surface area (TPSA) is 64.3 Å². The van der Waals surface area contributed by atoms with Crippen LogP contribution >= 0.6 is 0 Å². The molecular weight excluding hydrogens is 289 g/mol. The third kappa shape index (κ3) is 4.20. The normalized spacial score (nSPS) is 14.9. The standard InChI is InChI=1S/C13H19F3N2O3/c1-7(12(20)21-4)5-10-8(2)17-18(9(10)3)6-11(19)13(14,15)16/h7,11,19H,5-6H2,1-4H3. The van der Waals surface area contributed by atoms with Gasteiger partial charge in [0.05, 0.1) is 25.3 Å². The Hall–Kier alpha value is -1.57. The highest BCUT2D eigenvalue weighted by molar-refractivity contribution is 5.72. The number of hydrogen-bond donors (Lipinski definition) is 1. The number of methoxy groups -OCH3 is 1. The molecule has 0 saturated carbocycles. The molecule has 0 spiro atoms. The van der Waals surface area contributed by atoms with Gasteiger partial charge in [0, 0.05) is 5.69 Å². The van der Waals surface area contributed by atoms with Crippen molar-refractivity contribution < 1.29 is 27.8 Å². The van der Waals surface area contributed by atoms with E-state index in [4.69, 9.17) is 5.11 Å². The molecular formula is C13H19F3N2O3. The molecule has 1 heterocycles. The number of aliphatic hydroxyl groups excluding tert-OH is 1. The van der Waals surface area contributed by atoms with Crippen LogP contribution in [0.1, 0.15) is 23.9 Å². The van der Waals surface area contributed by atoms with Crippen LogP contribution in [-0.4, -0.2) is 40.2 Å². The molecule has 0 saturated heterocycles. The van der Waals surface area contributed by atoms with Gasteiger partial charge in [0.1, 0.15) is 0 Å². The first-order valence-corrected chi connectivity index (χ1v) is 6.43. The number of esters is 1. The van der Waals surface area contributed by atoms with Crippen molar-refractivity contribution in [3.8, 4) is 0 Å². The number of aromatic nitrogens is 2. The van der Waals surface area contributed by atoms with Crippen molar-refractivity contribution in [3.63, 3.8) is 0 Å². The lowest BCUT2D eigenvalue weighted by atomic mass is 10.00. The lowest BCUT2D eigenvalue weighted by molar-refractivity contribution is -0.208. The Kier molecular flexibility index (Phi) is 5.38. The van der Waals surface area contributed by atoms with E-state index in [0.29, 0.717) is 23.4 Å². The number of nitrogens with zero attached hydrogens (tertiary/aromatic N) is 2. The molecule has 21 heavy (non-hydrogen) atoms. The molecule has 1 aromatic rings. The minimum absolute atomic E-state index is 0.326. The molecule has 0 aliphatic heterocycles. The SMILES string of the molecule is COC(=O)C(C)Cc1c(C)nn(CC(O)C(F)(F)F)c1C. The number of hydrogen-bond acceptors (Lipinski definition) is 4. The summed E-state index contributed by atoms with van der Waals surface area (Å²) < 4.78 is 42.9. The highest BCUT2D eigenvalue weighted by Gasteiger charge is 2.39. The van der Waals surface area contributed by atoms with E-state index in [-0.39, 0.29) is 0 Å². The molecule has 5 nitrogen and oxygen atoms in total. The van der Waals surface area contributed by atoms with Crippen LogP contribution in [0.15, 0.2) is 0 Å². The number of ether oxygens (including phenoxy) is 1. The van der Waals surface area contributed by atoms with Gasteiger partial charge in [-0.15, -0.1) is 0 Å². The van der Waals surface area contributed by atoms with Crippen LogP contribution < -0.4 is 0 Å². The summed E-state index contributed by atoms with van der Waals surface area (Å²) in [5.74, 6) is -0.811. The van der Waals surface area contributed by atoms with E-state index in [1.807, 2.05) is 0 Å². The van der Waals surface area contributed by atoms with E-state index in [1.165, 1.54) is 7.11 Å². The van der Waals surface area contributed by atoms with Crippen LogP contribution in [0.4, 0.5) is 13.2 Å². The van der Waals surface area contributed by atoms with Crippen molar-refractivity contribution >= 4 is 5.97 Å². The van der Waals surface area contributed by atoms with Gasteiger partial charge in [0.2, 0.25) is 0 Å². The average Bonchev–Trinajstić information content (AvgIpc) is 2.64. The van der Waals surface area contributed by atoms with Crippen molar-refractivity contribution in [3.05, 3.63) is 17.0 Å². The lowest BCUT2D eigenvalue weighted by Gasteiger charge is -2.15. The minimum Gasteiger partial charge on any atom is -0.469 e. The fourth-order valence-corrected chi connectivity index (χ4v) is 2.07. The van der Waals surface area contributed by atoms with Crippen LogP contribution in [0.2, 0.25) is 0 Å². The van der Waals surface area contributed by atoms with Gasteiger partial charge in [0.25, 0.3) is 0 Å². The summed E-state index contributed by atoms with van der Waals surface area (Å²) in [6.07, 6.45) is -6.83. The summed E-state index contributed by atoms with van der Waals surface area (Å²) in [4.78, 5) is 11.4. The predicted octanol–water partition coefficient (Wildman–Crippen LogP) is 1.77. The highest BCUT2D eigenvalue weighted by Crippen LogP contribution is 2.23. The van der Waals surface area contributed by atoms with Gasteiger partial charge in [-0.1, -0.05) is 6.92 Å². The first kappa shape index (κ1) is 17.5. The third-order valence-corrected chi connectivity index (χ3v) is 3.37. The molecule has 1 rings (SSSR count). The molecule has 2 atom stereocenters. The van der Waals surface area contributed by atoms with Crippen LogP contribution in [-0.2, 0) is 22.5 Å². The van der Waals surface area contributed by atoms with E-state index in [2.05, 4.69) is 9.84 Å². The quantitative estimate of drug-likeness (QED) is 0.842. The summed E-state index contributed by atoms with van der Waals surface area (Å²) in [6, 6.07) is 0. The van der Waals surface area contributed by atoms with Crippen LogP contribution in [0, 0.1) is 19.8 Å². The van der Waals surface area contributed by atoms with Gasteiger partial charge < -0.3 is 9.84 Å². The van der Waals surface area contributed by atoms with Gasteiger partial charge in [-0.2, -0.15) is 18.3 Å². The average molecular weight is 308 g/mol. The zero-order chi connectivity index (χ0) is 16.4. The van der Waals surface area contributed by atoms with Gasteiger partial charge in [0.15, 0.2) is 6.10 Å². The minimum atomic E-state index is -4.69. The van der Waals surface area contributed by atoms with E-state index in [1.54, 1.807) is 20.8 Å². The molecule has 1 N–H and O–H groups in total. The van der Waals surface area contributed by atoms with E-state index in [0.717, 1.165) is 4.68 Å². The maximum atomic E-state index is 12.4. The Morgan fingerprint density at radius 1 is 1.43 bits per heavy atom. The molecule has 1 aromatic heterocycles. The monoisotopic (exact) mass is 308 g/mol. The molecule has 0 amide bonds. The maximum absolute atomic E-state index is 12.4. The second-order valence-corrected chi connectivity index (χ2v) is 5.02. The predicted molar refractivity (Wildman–Crippen MR) is 68.6 cm³/mol. The highest BCUT2D eigenvalue weighted by atomic mass is 19.4. The number of carbonyl (C=O) groups excluding carboxylic acids is 1. The fraction of sp³-hybridized carbons (Fsp3) is 0.692. The molecule has 120 valence electrons. The molecule has 0 radical (unpaired) electrons. The Bertz CT molecular complexity index is 511. The smallest absolute Gasteiger partial charge is 0.416 e. The van der Waals surface area contributed by atoms with Crippen LogP contribution in [0.3, 0.4) is 0 Å². The summed E-state index contributed by atoms with van der Waals surface area (Å²) in [6.45, 7) is 4.28. The van der Waals surface area contributed by atoms with Crippen molar-refractivity contribution in [1.29, 1.82) is 0 Å². The Labute approximate surface area is 120 Å². The second-order valence-electron chi connectivity index (χ2n) is 5.02. The fourth-order valence-electron chi connectivity index (χ4n) is 2.07. The molecule has 8 heteroatoms. The zero-order valence-electron chi connectivity index (χ0n) is 12.4. The summed E-state index contributed by atoms with van der Waals surface area (Å²) in [5, 5.41) is 13.1. The Balaban J connectivity index is 2.93. The van der Waals surface area contributed by atoms with Crippen molar-refractivity contribution in [2.75, 3.05) is 7.11 Å². The third-order valence-electron chi connectivity index (χ3n) is 3.37. The summed E-state index contributed by atoms with van der Waals surface area (Å²) in [5.41, 5.74) is 1.74. The van der Waals surface area contributed by atoms with Crippen LogP contribution in [0.5, 0.6) is 0 Å². The van der Waals surface area contributed by atoms with Crippen molar-refractivity contribution in [2.45, 2.75) is 46.0 Å². The van der Waals surface area contributed by atoms with Crippen LogP contribution in [0.25, 0.3) is 0 Å². The van der Waals surface area contributed by atoms with E-state index in [9.17, 15) is 18.0 Å². The lowest BCUT2D eigenvalue weighted by Crippen LogP contribution is -2.33. The van der Waals surface area contributed by atoms with Crippen molar-refractivity contribution in [1.82, 2.24) is 9.78 Å². The molecule has 0 bridgehead atoms. The largest absolute Gasteiger partial charge is 0.469 e. The molecule has 2 unspecified atom stereocenters. The second kappa shape index (κ2) is 6.46. The zero-order valence-corrected chi connectivity index (χ0v) is 12.4. The maximum Gasteiger partial charge on any atom is 0.416 e. The number of rotatable bonds is 5. The van der Waals surface area contributed by atoms with Gasteiger partial charge in [-0.3, -0.25) is 9.48 Å². The number of aliphatic hydroxyl groups is 1. The van der Waals surface area contributed by atoms with Crippen molar-refractivity contribution in [2.24, 2.45) is 5.92 Å². The number of carbonyl (C=O) groups is 1. The summed E-state index contributed by atoms with van der Waals surface area (Å²) in [7, 11) is 1.28. The Morgan fingerprint density at radius 2 is 2.00 bits per heavy atom. The van der Waals surface area contributed by atoms with Gasteiger partial charge >= 0.3 is 12.1 Å². The van der Waals surface area contributed by atoms with Gasteiger partial charge in [-0.25, -0.2) is 0 Å². The molecule has 0 aliphatic rings. The molecule has 0 aromatic carbocycles. The number of aryl methyl sites for hydroxylation is 1. The van der Waals surface area contributed by atoms with Gasteiger partial charge in [-0.05, 0) is 25.8 Å². The molecule has 0 fully saturated rings. The Morgan fingerprint density at radius 3 is 2.48 bits per heavy atom. The van der Waals surface area contributed by atoms with E-state index >= 15 is 0 Å². The first-order valence-electron chi connectivity index (χ1n) is 6.43. The number of halogens is 3. The number of alkyl halides is 3. The molecule has 0 aliphatic carbocycles. The van der Waals surface area contributed by atoms with E-state index < -0.39 is 30.7 Å². The first-order chi connectivity index (χ1) is 9.57.